The molecule has 0 amide bonds. The monoisotopic (exact) mass is 178 g/mol. The summed E-state index contributed by atoms with van der Waals surface area (Å²) in [7, 11) is 0. The number of hydrogen-bond acceptors (Lipinski definition) is 2. The van der Waals surface area contributed by atoms with Crippen LogP contribution < -0.4 is 4.74 Å². The third-order valence-electron chi connectivity index (χ3n) is 2.29. The van der Waals surface area contributed by atoms with Crippen LogP contribution >= 0.6 is 0 Å². The molecule has 0 aromatic heterocycles. The van der Waals surface area contributed by atoms with Gasteiger partial charge in [-0.25, -0.2) is 4.79 Å². The molecule has 2 rings (SSSR count). The minimum atomic E-state index is -1.08. The summed E-state index contributed by atoms with van der Waals surface area (Å²) in [4.78, 5) is 10.9. The number of hydrogen-bond donors (Lipinski definition) is 1. The molecule has 1 aliphatic heterocycles. The zero-order valence-corrected chi connectivity index (χ0v) is 7.28. The van der Waals surface area contributed by atoms with E-state index in [0.29, 0.717) is 12.2 Å². The zero-order chi connectivity index (χ0) is 9.47. The lowest BCUT2D eigenvalue weighted by Crippen LogP contribution is -2.39. The molecule has 0 radical (unpaired) electrons. The molecule has 13 heavy (non-hydrogen) atoms. The van der Waals surface area contributed by atoms with E-state index in [0.717, 1.165) is 5.56 Å². The van der Waals surface area contributed by atoms with Gasteiger partial charge in [-0.3, -0.25) is 0 Å². The van der Waals surface area contributed by atoms with E-state index in [4.69, 9.17) is 9.84 Å². The van der Waals surface area contributed by atoms with Crippen molar-refractivity contribution < 1.29 is 14.6 Å². The van der Waals surface area contributed by atoms with Crippen LogP contribution in [0.15, 0.2) is 24.3 Å². The van der Waals surface area contributed by atoms with Gasteiger partial charge in [0.1, 0.15) is 5.75 Å². The molecule has 0 saturated heterocycles. The number of benzene rings is 1. The highest BCUT2D eigenvalue weighted by molar-refractivity contribution is 5.79. The molecule has 1 aromatic carbocycles. The molecule has 1 heterocycles. The summed E-state index contributed by atoms with van der Waals surface area (Å²) in [5, 5.41) is 8.92. The van der Waals surface area contributed by atoms with Crippen molar-refractivity contribution in [3.63, 3.8) is 0 Å². The largest absolute Gasteiger partial charge is 0.478 e. The number of carboxylic acid groups (broad SMARTS) is 1. The van der Waals surface area contributed by atoms with Crippen LogP contribution in [0.2, 0.25) is 0 Å². The fraction of sp³-hybridized carbons (Fsp3) is 0.300. The Bertz CT molecular complexity index is 332. The lowest BCUT2D eigenvalue weighted by molar-refractivity contribution is -0.152. The molecule has 0 spiro atoms. The molecule has 0 unspecified atom stereocenters. The van der Waals surface area contributed by atoms with Crippen molar-refractivity contribution >= 4 is 5.97 Å². The number of carboxylic acids is 1. The molecular formula is C10H10O3. The molecule has 1 aromatic rings. The Balaban J connectivity index is 2.37. The van der Waals surface area contributed by atoms with E-state index in [1.165, 1.54) is 0 Å². The van der Waals surface area contributed by atoms with Gasteiger partial charge in [-0.2, -0.15) is 0 Å². The number of fused-ring (bicyclic) bond motifs is 1. The number of ether oxygens (including phenoxy) is 1. The van der Waals surface area contributed by atoms with Crippen LogP contribution in [0, 0.1) is 0 Å². The minimum absolute atomic E-state index is 0.443. The molecule has 3 nitrogen and oxygen atoms in total. The second-order valence-corrected chi connectivity index (χ2v) is 3.42. The normalized spacial score (nSPS) is 25.0. The molecule has 0 saturated carbocycles. The fourth-order valence-electron chi connectivity index (χ4n) is 1.51. The van der Waals surface area contributed by atoms with Crippen molar-refractivity contribution in [2.24, 2.45) is 0 Å². The third-order valence-corrected chi connectivity index (χ3v) is 2.29. The van der Waals surface area contributed by atoms with Gasteiger partial charge >= 0.3 is 5.97 Å². The van der Waals surface area contributed by atoms with E-state index in [1.807, 2.05) is 18.2 Å². The molecule has 1 N–H and O–H groups in total. The number of para-hydroxylation sites is 1. The van der Waals surface area contributed by atoms with Crippen LogP contribution in [0.3, 0.4) is 0 Å². The van der Waals surface area contributed by atoms with E-state index in [2.05, 4.69) is 0 Å². The minimum Gasteiger partial charge on any atom is -0.478 e. The predicted molar refractivity (Wildman–Crippen MR) is 46.8 cm³/mol. The molecular weight excluding hydrogens is 168 g/mol. The predicted octanol–water partition coefficient (Wildman–Crippen LogP) is 1.46. The van der Waals surface area contributed by atoms with Gasteiger partial charge in [0.05, 0.1) is 0 Å². The SMILES string of the molecule is C[C@]1(C(=O)O)Cc2ccccc2O1. The van der Waals surface area contributed by atoms with Crippen molar-refractivity contribution in [3.8, 4) is 5.75 Å². The summed E-state index contributed by atoms with van der Waals surface area (Å²) >= 11 is 0. The third kappa shape index (κ3) is 1.16. The highest BCUT2D eigenvalue weighted by atomic mass is 16.5. The highest BCUT2D eigenvalue weighted by Crippen LogP contribution is 2.34. The van der Waals surface area contributed by atoms with Gasteiger partial charge in [0.15, 0.2) is 0 Å². The summed E-state index contributed by atoms with van der Waals surface area (Å²) in [5.74, 6) is -0.226. The topological polar surface area (TPSA) is 46.5 Å². The number of aliphatic carboxylic acids is 1. The Morgan fingerprint density at radius 1 is 1.54 bits per heavy atom. The summed E-state index contributed by atoms with van der Waals surface area (Å²) < 4.78 is 5.36. The van der Waals surface area contributed by atoms with Crippen LogP contribution in [0.5, 0.6) is 5.75 Å². The van der Waals surface area contributed by atoms with Gasteiger partial charge in [0.2, 0.25) is 5.60 Å². The lowest BCUT2D eigenvalue weighted by atomic mass is 10.00. The first-order valence-electron chi connectivity index (χ1n) is 4.12. The van der Waals surface area contributed by atoms with Gasteiger partial charge in [0.25, 0.3) is 0 Å². The Kier molecular flexibility index (Phi) is 1.55. The first kappa shape index (κ1) is 8.10. The van der Waals surface area contributed by atoms with E-state index >= 15 is 0 Å². The second-order valence-electron chi connectivity index (χ2n) is 3.42. The molecule has 0 aliphatic carbocycles. The van der Waals surface area contributed by atoms with Crippen molar-refractivity contribution in [1.29, 1.82) is 0 Å². The highest BCUT2D eigenvalue weighted by Gasteiger charge is 2.41. The van der Waals surface area contributed by atoms with Crippen LogP contribution in [-0.2, 0) is 11.2 Å². The molecule has 68 valence electrons. The van der Waals surface area contributed by atoms with Crippen molar-refractivity contribution in [3.05, 3.63) is 29.8 Å². The molecule has 1 atom stereocenters. The zero-order valence-electron chi connectivity index (χ0n) is 7.28. The molecule has 0 fully saturated rings. The Morgan fingerprint density at radius 2 is 2.23 bits per heavy atom. The van der Waals surface area contributed by atoms with Gasteiger partial charge < -0.3 is 9.84 Å². The summed E-state index contributed by atoms with van der Waals surface area (Å²) in [6, 6.07) is 7.41. The smallest absolute Gasteiger partial charge is 0.348 e. The maximum Gasteiger partial charge on any atom is 0.348 e. The Morgan fingerprint density at radius 3 is 2.85 bits per heavy atom. The van der Waals surface area contributed by atoms with Crippen molar-refractivity contribution in [2.75, 3.05) is 0 Å². The van der Waals surface area contributed by atoms with Crippen LogP contribution in [0.1, 0.15) is 12.5 Å². The maximum absolute atomic E-state index is 10.9. The van der Waals surface area contributed by atoms with E-state index in [-0.39, 0.29) is 0 Å². The number of carbonyl (C=O) groups is 1. The summed E-state index contributed by atoms with van der Waals surface area (Å²) in [5.41, 5.74) is -0.114. The summed E-state index contributed by atoms with van der Waals surface area (Å²) in [6.07, 6.45) is 0.443. The standard InChI is InChI=1S/C10H10O3/c1-10(9(11)12)6-7-4-2-3-5-8(7)13-10/h2-5H,6H2,1H3,(H,11,12)/t10-/m1/s1. The van der Waals surface area contributed by atoms with E-state index in [9.17, 15) is 4.79 Å². The molecule has 3 heteroatoms. The quantitative estimate of drug-likeness (QED) is 0.708. The van der Waals surface area contributed by atoms with E-state index < -0.39 is 11.6 Å². The van der Waals surface area contributed by atoms with Crippen LogP contribution in [0.4, 0.5) is 0 Å². The lowest BCUT2D eigenvalue weighted by Gasteiger charge is -2.17. The molecule has 0 bridgehead atoms. The van der Waals surface area contributed by atoms with Gasteiger partial charge in [-0.15, -0.1) is 0 Å². The number of rotatable bonds is 1. The first-order valence-corrected chi connectivity index (χ1v) is 4.12. The average Bonchev–Trinajstić information content (AvgIpc) is 2.42. The van der Waals surface area contributed by atoms with Gasteiger partial charge in [-0.05, 0) is 18.6 Å². The van der Waals surface area contributed by atoms with Crippen LogP contribution in [0.25, 0.3) is 0 Å². The summed E-state index contributed by atoms with van der Waals surface area (Å²) in [6.45, 7) is 1.59. The fourth-order valence-corrected chi connectivity index (χ4v) is 1.51. The van der Waals surface area contributed by atoms with Crippen molar-refractivity contribution in [2.45, 2.75) is 18.9 Å². The maximum atomic E-state index is 10.9. The second kappa shape index (κ2) is 2.49. The Hall–Kier alpha value is -1.51. The average molecular weight is 178 g/mol. The van der Waals surface area contributed by atoms with Crippen LogP contribution in [-0.4, -0.2) is 16.7 Å². The van der Waals surface area contributed by atoms with Gasteiger partial charge in [0, 0.05) is 6.42 Å². The van der Waals surface area contributed by atoms with Crippen molar-refractivity contribution in [1.82, 2.24) is 0 Å². The first-order chi connectivity index (χ1) is 6.12. The van der Waals surface area contributed by atoms with Gasteiger partial charge in [-0.1, -0.05) is 18.2 Å². The Labute approximate surface area is 76.0 Å². The molecule has 1 aliphatic rings. The van der Waals surface area contributed by atoms with E-state index in [1.54, 1.807) is 13.0 Å².